The van der Waals surface area contributed by atoms with Gasteiger partial charge in [0.15, 0.2) is 5.71 Å². The molecule has 24 heavy (non-hydrogen) atoms. The van der Waals surface area contributed by atoms with E-state index in [-0.39, 0.29) is 10.3 Å². The normalized spacial score (nSPS) is 16.7. The molecule has 0 saturated heterocycles. The molecule has 3 rings (SSSR count). The van der Waals surface area contributed by atoms with Gasteiger partial charge < -0.3 is 4.55 Å². The number of nitrogens with zero attached hydrogens (tertiary/aromatic N) is 1. The molecule has 0 aliphatic carbocycles. The van der Waals surface area contributed by atoms with Crippen LogP contribution in [0, 0.1) is 0 Å². The van der Waals surface area contributed by atoms with Crippen LogP contribution in [-0.4, -0.2) is 30.3 Å². The van der Waals surface area contributed by atoms with Crippen molar-refractivity contribution >= 4 is 27.6 Å². The lowest BCUT2D eigenvalue weighted by atomic mass is 9.81. The Labute approximate surface area is 142 Å². The van der Waals surface area contributed by atoms with Crippen molar-refractivity contribution in [3.8, 4) is 0 Å². The molecule has 0 atom stereocenters. The summed E-state index contributed by atoms with van der Waals surface area (Å²) < 4.78 is 36.3. The van der Waals surface area contributed by atoms with E-state index in [1.54, 1.807) is 24.3 Å². The smallest absolute Gasteiger partial charge is 0.209 e. The molecule has 1 heterocycles. The van der Waals surface area contributed by atoms with Gasteiger partial charge in [0, 0.05) is 17.7 Å². The first-order chi connectivity index (χ1) is 11.2. The molecular weight excluding hydrogens is 322 g/mol. The van der Waals surface area contributed by atoms with E-state index in [9.17, 15) is 13.0 Å². The molecule has 0 fully saturated rings. The Kier molecular flexibility index (Phi) is 3.94. The zero-order chi connectivity index (χ0) is 17.5. The van der Waals surface area contributed by atoms with Crippen LogP contribution >= 0.6 is 0 Å². The molecule has 1 aliphatic heterocycles. The third kappa shape index (κ3) is 2.70. The molecule has 0 N–H and O–H groups in total. The summed E-state index contributed by atoms with van der Waals surface area (Å²) in [6, 6.07) is 14.4. The fraction of sp³-hybridized carbons (Fsp3) is 0.211. The first-order valence-electron chi connectivity index (χ1n) is 7.66. The maximum Gasteiger partial charge on any atom is 0.209 e. The molecule has 1 aliphatic rings. The minimum Gasteiger partial charge on any atom is -0.744 e. The molecule has 0 radical (unpaired) electrons. The quantitative estimate of drug-likeness (QED) is 0.636. The fourth-order valence-corrected chi connectivity index (χ4v) is 3.99. The van der Waals surface area contributed by atoms with Gasteiger partial charge >= 0.3 is 0 Å². The molecule has 0 saturated carbocycles. The van der Waals surface area contributed by atoms with E-state index in [2.05, 4.69) is 30.6 Å². The summed E-state index contributed by atoms with van der Waals surface area (Å²) in [6.07, 6.45) is 3.59. The van der Waals surface area contributed by atoms with Crippen LogP contribution in [0.1, 0.15) is 25.0 Å². The summed E-state index contributed by atoms with van der Waals surface area (Å²) >= 11 is 0. The number of benzene rings is 2. The summed E-state index contributed by atoms with van der Waals surface area (Å²) in [5.74, 6) is 0. The number of hydrogen-bond acceptors (Lipinski definition) is 3. The average molecular weight is 341 g/mol. The third-order valence-electron chi connectivity index (χ3n) is 4.55. The predicted molar refractivity (Wildman–Crippen MR) is 93.8 cm³/mol. The van der Waals surface area contributed by atoms with Crippen molar-refractivity contribution in [2.75, 3.05) is 7.05 Å². The van der Waals surface area contributed by atoms with Gasteiger partial charge in [-0.2, -0.15) is 4.58 Å². The maximum absolute atomic E-state index is 11.4. The minimum absolute atomic E-state index is 0.196. The summed E-state index contributed by atoms with van der Waals surface area (Å²) in [5.41, 5.74) is 3.60. The van der Waals surface area contributed by atoms with Crippen molar-refractivity contribution < 1.29 is 17.5 Å². The number of rotatable bonds is 3. The minimum atomic E-state index is -4.50. The second-order valence-electron chi connectivity index (χ2n) is 6.41. The molecule has 124 valence electrons. The molecule has 0 aromatic heterocycles. The van der Waals surface area contributed by atoms with E-state index in [0.29, 0.717) is 5.56 Å². The molecule has 0 unspecified atom stereocenters. The largest absolute Gasteiger partial charge is 0.744 e. The molecule has 0 amide bonds. The van der Waals surface area contributed by atoms with E-state index in [0.717, 1.165) is 11.4 Å². The van der Waals surface area contributed by atoms with Crippen LogP contribution in [-0.2, 0) is 15.5 Å². The summed E-state index contributed by atoms with van der Waals surface area (Å²) in [4.78, 5) is -0.196. The van der Waals surface area contributed by atoms with Crippen molar-refractivity contribution in [1.29, 1.82) is 0 Å². The van der Waals surface area contributed by atoms with Gasteiger partial charge in [0.1, 0.15) is 17.2 Å². The van der Waals surface area contributed by atoms with Gasteiger partial charge in [-0.15, -0.1) is 0 Å². The molecular formula is C19H19NO3S. The lowest BCUT2D eigenvalue weighted by Gasteiger charge is -2.15. The Morgan fingerprint density at radius 1 is 1.00 bits per heavy atom. The second kappa shape index (κ2) is 5.69. The van der Waals surface area contributed by atoms with Crippen LogP contribution in [0.25, 0.3) is 6.08 Å². The Balaban J connectivity index is 2.08. The van der Waals surface area contributed by atoms with E-state index >= 15 is 0 Å². The number of hydrogen-bond donors (Lipinski definition) is 0. The lowest BCUT2D eigenvalue weighted by molar-refractivity contribution is -0.401. The van der Waals surface area contributed by atoms with Gasteiger partial charge in [0.25, 0.3) is 0 Å². The highest BCUT2D eigenvalue weighted by molar-refractivity contribution is 7.85. The van der Waals surface area contributed by atoms with E-state index in [1.165, 1.54) is 11.6 Å². The Morgan fingerprint density at radius 2 is 1.62 bits per heavy atom. The van der Waals surface area contributed by atoms with Crippen molar-refractivity contribution in [1.82, 2.24) is 0 Å². The van der Waals surface area contributed by atoms with Gasteiger partial charge in [-0.05, 0) is 31.6 Å². The summed E-state index contributed by atoms with van der Waals surface area (Å²) in [5, 5.41) is 0. The first-order valence-corrected chi connectivity index (χ1v) is 9.07. The van der Waals surface area contributed by atoms with E-state index < -0.39 is 10.1 Å². The Hall–Kier alpha value is -2.24. The number of fused-ring (bicyclic) bond motifs is 1. The van der Waals surface area contributed by atoms with Crippen LogP contribution in [0.5, 0.6) is 0 Å². The zero-order valence-corrected chi connectivity index (χ0v) is 14.7. The van der Waals surface area contributed by atoms with Crippen LogP contribution in [0.3, 0.4) is 0 Å². The van der Waals surface area contributed by atoms with Crippen molar-refractivity contribution in [2.24, 2.45) is 0 Å². The molecule has 5 heteroatoms. The Bertz CT molecular complexity index is 970. The number of para-hydroxylation sites is 1. The SMILES string of the molecule is C[N+]1=C(C=Cc2ccccc2S(=O)(=O)[O-])C(C)(C)c2ccccc21. The molecule has 0 bridgehead atoms. The van der Waals surface area contributed by atoms with Crippen molar-refractivity contribution in [2.45, 2.75) is 24.2 Å². The van der Waals surface area contributed by atoms with E-state index in [1.807, 2.05) is 25.3 Å². The highest BCUT2D eigenvalue weighted by atomic mass is 32.2. The average Bonchev–Trinajstić information content (AvgIpc) is 2.72. The van der Waals surface area contributed by atoms with Crippen molar-refractivity contribution in [3.05, 3.63) is 65.7 Å². The predicted octanol–water partition coefficient (Wildman–Crippen LogP) is 3.31. The zero-order valence-electron chi connectivity index (χ0n) is 13.9. The molecule has 2 aromatic carbocycles. The van der Waals surface area contributed by atoms with Crippen LogP contribution in [0.15, 0.2) is 59.5 Å². The highest BCUT2D eigenvalue weighted by Gasteiger charge is 2.42. The molecule has 2 aromatic rings. The van der Waals surface area contributed by atoms with Crippen LogP contribution < -0.4 is 0 Å². The van der Waals surface area contributed by atoms with Crippen LogP contribution in [0.4, 0.5) is 5.69 Å². The summed E-state index contributed by atoms with van der Waals surface area (Å²) in [6.45, 7) is 4.26. The standard InChI is InChI=1S/C19H19NO3S/c1-19(2)15-9-5-6-10-16(15)20(3)18(19)13-12-14-8-4-7-11-17(14)24(21,22)23/h4-13H,1-3H3. The maximum atomic E-state index is 11.4. The summed E-state index contributed by atoms with van der Waals surface area (Å²) in [7, 11) is -2.51. The van der Waals surface area contributed by atoms with Gasteiger partial charge in [-0.1, -0.05) is 36.4 Å². The highest BCUT2D eigenvalue weighted by Crippen LogP contribution is 2.39. The van der Waals surface area contributed by atoms with Gasteiger partial charge in [0.05, 0.1) is 10.3 Å². The molecule has 4 nitrogen and oxygen atoms in total. The Morgan fingerprint density at radius 3 is 2.29 bits per heavy atom. The van der Waals surface area contributed by atoms with Crippen LogP contribution in [0.2, 0.25) is 0 Å². The fourth-order valence-electron chi connectivity index (χ4n) is 3.32. The second-order valence-corrected chi connectivity index (χ2v) is 7.76. The van der Waals surface area contributed by atoms with E-state index in [4.69, 9.17) is 0 Å². The lowest BCUT2D eigenvalue weighted by Crippen LogP contribution is -2.26. The topological polar surface area (TPSA) is 60.2 Å². The van der Waals surface area contributed by atoms with Gasteiger partial charge in [-0.3, -0.25) is 0 Å². The van der Waals surface area contributed by atoms with Gasteiger partial charge in [-0.25, -0.2) is 8.42 Å². The monoisotopic (exact) mass is 341 g/mol. The number of allylic oxidation sites excluding steroid dienone is 1. The van der Waals surface area contributed by atoms with Gasteiger partial charge in [0.2, 0.25) is 5.69 Å². The molecule has 0 spiro atoms. The first kappa shape index (κ1) is 16.6. The van der Waals surface area contributed by atoms with Crippen molar-refractivity contribution in [3.63, 3.8) is 0 Å². The third-order valence-corrected chi connectivity index (χ3v) is 5.46.